The summed E-state index contributed by atoms with van der Waals surface area (Å²) in [6.07, 6.45) is 44.3. The fraction of sp³-hybridized carbons (Fsp3) is 0.783. The molecule has 10 heteroatoms. The van der Waals surface area contributed by atoms with E-state index < -0.39 is 32.5 Å². The van der Waals surface area contributed by atoms with E-state index in [0.29, 0.717) is 23.9 Å². The van der Waals surface area contributed by atoms with Crippen LogP contribution >= 0.6 is 7.82 Å². The quantitative estimate of drug-likeness (QED) is 0.0198. The first-order chi connectivity index (χ1) is 27.0. The van der Waals surface area contributed by atoms with Crippen LogP contribution in [0.1, 0.15) is 181 Å². The molecule has 9 nitrogen and oxygen atoms in total. The van der Waals surface area contributed by atoms with Crippen LogP contribution in [-0.4, -0.2) is 70.0 Å². The summed E-state index contributed by atoms with van der Waals surface area (Å²) in [4.78, 5) is 37.5. The summed E-state index contributed by atoms with van der Waals surface area (Å²) in [6, 6.07) is 0. The van der Waals surface area contributed by atoms with Gasteiger partial charge in [-0.3, -0.25) is 14.2 Å². The lowest BCUT2D eigenvalue weighted by Gasteiger charge is -2.28. The third-order valence-electron chi connectivity index (χ3n) is 9.35. The van der Waals surface area contributed by atoms with Crippen LogP contribution in [-0.2, 0) is 32.7 Å². The van der Waals surface area contributed by atoms with E-state index in [1.165, 1.54) is 103 Å². The van der Waals surface area contributed by atoms with Crippen LogP contribution in [0.3, 0.4) is 0 Å². The third-order valence-corrected chi connectivity index (χ3v) is 10.3. The molecular weight excluding hydrogens is 725 g/mol. The fourth-order valence-corrected chi connectivity index (χ4v) is 6.55. The van der Waals surface area contributed by atoms with Gasteiger partial charge in [-0.2, -0.15) is 0 Å². The second-order valence-corrected chi connectivity index (χ2v) is 17.5. The summed E-state index contributed by atoms with van der Waals surface area (Å²) in [6.45, 7) is 4.14. The Morgan fingerprint density at radius 1 is 0.554 bits per heavy atom. The van der Waals surface area contributed by atoms with Crippen LogP contribution in [0.25, 0.3) is 0 Å². The van der Waals surface area contributed by atoms with Crippen LogP contribution < -0.4 is 4.89 Å². The maximum atomic E-state index is 12.6. The molecule has 0 N–H and O–H groups in total. The van der Waals surface area contributed by atoms with Gasteiger partial charge in [0.1, 0.15) is 19.8 Å². The van der Waals surface area contributed by atoms with Gasteiger partial charge in [0.25, 0.3) is 7.82 Å². The van der Waals surface area contributed by atoms with E-state index in [1.807, 2.05) is 27.2 Å². The maximum absolute atomic E-state index is 12.6. The van der Waals surface area contributed by atoms with Crippen LogP contribution in [0.5, 0.6) is 0 Å². The minimum atomic E-state index is -4.64. The topological polar surface area (TPSA) is 111 Å². The van der Waals surface area contributed by atoms with Gasteiger partial charge >= 0.3 is 11.9 Å². The zero-order valence-electron chi connectivity index (χ0n) is 36.6. The number of quaternary nitrogens is 1. The lowest BCUT2D eigenvalue weighted by atomic mass is 10.0. The van der Waals surface area contributed by atoms with Crippen molar-refractivity contribution in [2.45, 2.75) is 187 Å². The Morgan fingerprint density at radius 3 is 1.48 bits per heavy atom. The summed E-state index contributed by atoms with van der Waals surface area (Å²) >= 11 is 0. The van der Waals surface area contributed by atoms with E-state index in [4.69, 9.17) is 18.5 Å². The molecular formula is C46H84NO8P. The van der Waals surface area contributed by atoms with Crippen molar-refractivity contribution < 1.29 is 42.1 Å². The molecule has 0 saturated heterocycles. The number of carbonyl (C=O) groups is 2. The Kier molecular flexibility index (Phi) is 37.1. The van der Waals surface area contributed by atoms with Gasteiger partial charge in [0, 0.05) is 12.8 Å². The molecule has 0 aliphatic carbocycles. The summed E-state index contributed by atoms with van der Waals surface area (Å²) < 4.78 is 33.8. The summed E-state index contributed by atoms with van der Waals surface area (Å²) in [5.41, 5.74) is 0. The number of carbonyl (C=O) groups excluding carboxylic acids is 2. The molecule has 0 bridgehead atoms. The zero-order valence-corrected chi connectivity index (χ0v) is 37.5. The molecule has 0 rings (SSSR count). The van der Waals surface area contributed by atoms with Gasteiger partial charge in [0.05, 0.1) is 27.7 Å². The van der Waals surface area contributed by atoms with Crippen molar-refractivity contribution in [1.29, 1.82) is 0 Å². The van der Waals surface area contributed by atoms with Crippen LogP contribution in [0.15, 0.2) is 48.6 Å². The van der Waals surface area contributed by atoms with E-state index in [-0.39, 0.29) is 26.1 Å². The molecule has 0 aromatic heterocycles. The molecule has 0 radical (unpaired) electrons. The predicted molar refractivity (Wildman–Crippen MR) is 231 cm³/mol. The molecule has 2 atom stereocenters. The maximum Gasteiger partial charge on any atom is 0.306 e. The van der Waals surface area contributed by atoms with E-state index in [1.54, 1.807) is 0 Å². The normalized spacial score (nSPS) is 14.0. The smallest absolute Gasteiger partial charge is 0.306 e. The molecule has 0 spiro atoms. The van der Waals surface area contributed by atoms with Gasteiger partial charge in [-0.15, -0.1) is 0 Å². The van der Waals surface area contributed by atoms with Crippen LogP contribution in [0, 0.1) is 0 Å². The number of hydrogen-bond acceptors (Lipinski definition) is 8. The molecule has 2 unspecified atom stereocenters. The van der Waals surface area contributed by atoms with Gasteiger partial charge < -0.3 is 27.9 Å². The van der Waals surface area contributed by atoms with Gasteiger partial charge in [-0.1, -0.05) is 165 Å². The Bertz CT molecular complexity index is 1100. The lowest BCUT2D eigenvalue weighted by molar-refractivity contribution is -0.870. The summed E-state index contributed by atoms with van der Waals surface area (Å²) in [5, 5.41) is 0. The van der Waals surface area contributed by atoms with E-state index in [9.17, 15) is 19.0 Å². The van der Waals surface area contributed by atoms with Crippen molar-refractivity contribution in [3.8, 4) is 0 Å². The molecule has 0 saturated carbocycles. The van der Waals surface area contributed by atoms with Crippen molar-refractivity contribution in [2.75, 3.05) is 47.5 Å². The number of phosphoric ester groups is 1. The van der Waals surface area contributed by atoms with E-state index >= 15 is 0 Å². The molecule has 0 aromatic rings. The largest absolute Gasteiger partial charge is 0.756 e. The summed E-state index contributed by atoms with van der Waals surface area (Å²) in [5.74, 6) is -0.898. The number of unbranched alkanes of at least 4 members (excludes halogenated alkanes) is 18. The fourth-order valence-electron chi connectivity index (χ4n) is 5.82. The summed E-state index contributed by atoms with van der Waals surface area (Å²) in [7, 11) is 1.13. The minimum Gasteiger partial charge on any atom is -0.756 e. The molecule has 0 aromatic carbocycles. The second-order valence-electron chi connectivity index (χ2n) is 16.1. The van der Waals surface area contributed by atoms with Crippen molar-refractivity contribution in [2.24, 2.45) is 0 Å². The minimum absolute atomic E-state index is 0.0412. The number of hydrogen-bond donors (Lipinski definition) is 0. The number of phosphoric acid groups is 1. The molecule has 0 heterocycles. The molecule has 0 fully saturated rings. The highest BCUT2D eigenvalue weighted by Gasteiger charge is 2.21. The van der Waals surface area contributed by atoms with Gasteiger partial charge in [-0.25, -0.2) is 0 Å². The van der Waals surface area contributed by atoms with Crippen molar-refractivity contribution >= 4 is 19.8 Å². The number of nitrogens with zero attached hydrogens (tertiary/aromatic N) is 1. The number of rotatable bonds is 40. The number of allylic oxidation sites excluding steroid dienone is 8. The van der Waals surface area contributed by atoms with E-state index in [0.717, 1.165) is 38.5 Å². The van der Waals surface area contributed by atoms with Gasteiger partial charge in [-0.05, 0) is 51.4 Å². The molecule has 0 amide bonds. The predicted octanol–water partition coefficient (Wildman–Crippen LogP) is 12.1. The Balaban J connectivity index is 4.45. The highest BCUT2D eigenvalue weighted by atomic mass is 31.2. The number of likely N-dealkylation sites (N-methyl/N-ethyl adjacent to an activating group) is 1. The molecule has 0 aliphatic heterocycles. The Morgan fingerprint density at radius 2 is 0.982 bits per heavy atom. The molecule has 326 valence electrons. The van der Waals surface area contributed by atoms with Crippen molar-refractivity contribution in [3.63, 3.8) is 0 Å². The van der Waals surface area contributed by atoms with Crippen molar-refractivity contribution in [1.82, 2.24) is 0 Å². The first-order valence-corrected chi connectivity index (χ1v) is 23.8. The highest BCUT2D eigenvalue weighted by molar-refractivity contribution is 7.45. The van der Waals surface area contributed by atoms with Crippen LogP contribution in [0.2, 0.25) is 0 Å². The van der Waals surface area contributed by atoms with Gasteiger partial charge in [0.2, 0.25) is 0 Å². The van der Waals surface area contributed by atoms with E-state index in [2.05, 4.69) is 56.4 Å². The number of esters is 2. The standard InChI is InChI=1S/C46H84NO8P/c1-6-8-10-12-14-16-18-20-22-23-25-27-29-31-33-35-37-39-46(49)55-44(43-54-56(50,51)53-41-40-47(3,4)5)42-52-45(48)38-36-34-32-30-28-26-24-21-19-17-15-13-11-9-7-2/h14,16,20,22,25,27,31,33,44H,6-13,15,17-19,21,23-24,26,28-30,32,34-43H2,1-5H3/b16-14+,22-20+,27-25+,33-31+. The number of ether oxygens (including phenoxy) is 2. The molecule has 56 heavy (non-hydrogen) atoms. The highest BCUT2D eigenvalue weighted by Crippen LogP contribution is 2.38. The third kappa shape index (κ3) is 41.6. The monoisotopic (exact) mass is 810 g/mol. The first-order valence-electron chi connectivity index (χ1n) is 22.3. The Hall–Kier alpha value is -2.03. The van der Waals surface area contributed by atoms with Crippen molar-refractivity contribution in [3.05, 3.63) is 48.6 Å². The molecule has 0 aliphatic rings. The van der Waals surface area contributed by atoms with Gasteiger partial charge in [0.15, 0.2) is 6.10 Å². The zero-order chi connectivity index (χ0) is 41.4. The lowest BCUT2D eigenvalue weighted by Crippen LogP contribution is -2.37. The van der Waals surface area contributed by atoms with Crippen LogP contribution in [0.4, 0.5) is 0 Å². The first kappa shape index (κ1) is 54.0. The SMILES string of the molecule is CCCCC/C=C/C/C=C/C/C=C/C/C=C/CCCC(=O)OC(COC(=O)CCCCCCCCCCCCCCCCC)COP(=O)([O-])OCC[N+](C)(C)C. The average Bonchev–Trinajstić information content (AvgIpc) is 3.15. The second kappa shape index (κ2) is 38.5. The average molecular weight is 810 g/mol. The Labute approximate surface area is 343 Å².